The molecule has 1 rings (SSSR count). The molecule has 0 bridgehead atoms. The summed E-state index contributed by atoms with van der Waals surface area (Å²) in [6, 6.07) is 0.395. The molecular formula is C12H22N4. The Morgan fingerprint density at radius 1 is 1.00 bits per heavy atom. The van der Waals surface area contributed by atoms with Gasteiger partial charge in [-0.25, -0.2) is 4.98 Å². The molecule has 0 saturated carbocycles. The van der Waals surface area contributed by atoms with Crippen molar-refractivity contribution < 1.29 is 0 Å². The van der Waals surface area contributed by atoms with Crippen molar-refractivity contribution in [2.24, 2.45) is 5.92 Å². The fraction of sp³-hybridized carbons (Fsp3) is 0.750. The summed E-state index contributed by atoms with van der Waals surface area (Å²) in [6.45, 7) is 10.5. The van der Waals surface area contributed by atoms with E-state index < -0.39 is 0 Å². The van der Waals surface area contributed by atoms with Crippen molar-refractivity contribution in [3.05, 3.63) is 11.4 Å². The molecule has 0 fully saturated rings. The van der Waals surface area contributed by atoms with Gasteiger partial charge in [-0.2, -0.15) is 5.10 Å². The lowest BCUT2D eigenvalue weighted by Crippen LogP contribution is -2.18. The molecule has 1 aromatic rings. The molecule has 1 N–H and O–H groups in total. The van der Waals surface area contributed by atoms with E-state index in [-0.39, 0.29) is 0 Å². The Bertz CT molecular complexity index is 336. The summed E-state index contributed by atoms with van der Waals surface area (Å²) < 4.78 is 0. The second-order valence-electron chi connectivity index (χ2n) is 4.82. The Morgan fingerprint density at radius 2 is 1.69 bits per heavy atom. The number of anilines is 1. The molecule has 0 amide bonds. The van der Waals surface area contributed by atoms with Crippen molar-refractivity contribution in [1.82, 2.24) is 15.2 Å². The highest BCUT2D eigenvalue weighted by molar-refractivity contribution is 5.25. The van der Waals surface area contributed by atoms with Gasteiger partial charge in [0, 0.05) is 6.04 Å². The van der Waals surface area contributed by atoms with Gasteiger partial charge in [0.05, 0.1) is 11.4 Å². The Hall–Kier alpha value is -1.19. The van der Waals surface area contributed by atoms with Crippen LogP contribution in [-0.4, -0.2) is 21.2 Å². The zero-order valence-corrected chi connectivity index (χ0v) is 10.9. The summed E-state index contributed by atoms with van der Waals surface area (Å²) in [7, 11) is 0. The van der Waals surface area contributed by atoms with Crippen LogP contribution in [0.3, 0.4) is 0 Å². The van der Waals surface area contributed by atoms with E-state index in [4.69, 9.17) is 0 Å². The highest BCUT2D eigenvalue weighted by Crippen LogP contribution is 2.10. The standard InChI is InChI=1S/C12H22N4/c1-8(2)6-7-9(3)13-12-14-10(4)11(5)15-16-12/h8-9H,6-7H2,1-5H3,(H,13,14,16). The number of hydrogen-bond acceptors (Lipinski definition) is 4. The zero-order chi connectivity index (χ0) is 12.1. The van der Waals surface area contributed by atoms with Crippen LogP contribution < -0.4 is 5.32 Å². The predicted molar refractivity (Wildman–Crippen MR) is 66.5 cm³/mol. The van der Waals surface area contributed by atoms with Crippen LogP contribution in [-0.2, 0) is 0 Å². The quantitative estimate of drug-likeness (QED) is 0.832. The summed E-state index contributed by atoms with van der Waals surface area (Å²) in [5.41, 5.74) is 1.83. The van der Waals surface area contributed by atoms with E-state index in [0.717, 1.165) is 23.7 Å². The molecule has 0 aliphatic heterocycles. The van der Waals surface area contributed by atoms with E-state index >= 15 is 0 Å². The van der Waals surface area contributed by atoms with Gasteiger partial charge < -0.3 is 5.32 Å². The SMILES string of the molecule is Cc1nnc(NC(C)CCC(C)C)nc1C. The second-order valence-corrected chi connectivity index (χ2v) is 4.82. The van der Waals surface area contributed by atoms with Crippen molar-refractivity contribution in [3.63, 3.8) is 0 Å². The number of rotatable bonds is 5. The van der Waals surface area contributed by atoms with Crippen LogP contribution in [0.5, 0.6) is 0 Å². The van der Waals surface area contributed by atoms with Gasteiger partial charge in [0.25, 0.3) is 0 Å². The third-order valence-corrected chi connectivity index (χ3v) is 2.64. The molecule has 0 radical (unpaired) electrons. The molecule has 1 heterocycles. The van der Waals surface area contributed by atoms with E-state index in [2.05, 4.69) is 41.3 Å². The molecule has 90 valence electrons. The maximum Gasteiger partial charge on any atom is 0.243 e. The summed E-state index contributed by atoms with van der Waals surface area (Å²) >= 11 is 0. The Morgan fingerprint density at radius 3 is 2.25 bits per heavy atom. The third-order valence-electron chi connectivity index (χ3n) is 2.64. The van der Waals surface area contributed by atoms with E-state index in [9.17, 15) is 0 Å². The molecule has 0 saturated heterocycles. The fourth-order valence-electron chi connectivity index (χ4n) is 1.39. The van der Waals surface area contributed by atoms with Crippen molar-refractivity contribution >= 4 is 5.95 Å². The van der Waals surface area contributed by atoms with Gasteiger partial charge in [-0.1, -0.05) is 13.8 Å². The summed E-state index contributed by atoms with van der Waals surface area (Å²) in [5.74, 6) is 1.38. The largest absolute Gasteiger partial charge is 0.350 e. The molecule has 0 spiro atoms. The van der Waals surface area contributed by atoms with E-state index in [1.807, 2.05) is 13.8 Å². The van der Waals surface area contributed by atoms with Crippen molar-refractivity contribution in [2.75, 3.05) is 5.32 Å². The van der Waals surface area contributed by atoms with Gasteiger partial charge in [0.2, 0.25) is 5.95 Å². The predicted octanol–water partition coefficient (Wildman–Crippen LogP) is 2.73. The van der Waals surface area contributed by atoms with Gasteiger partial charge in [-0.05, 0) is 39.5 Å². The van der Waals surface area contributed by atoms with E-state index in [1.165, 1.54) is 6.42 Å². The average molecular weight is 222 g/mol. The normalized spacial score (nSPS) is 12.9. The summed E-state index contributed by atoms with van der Waals surface area (Å²) in [6.07, 6.45) is 2.35. The average Bonchev–Trinajstić information content (AvgIpc) is 2.21. The molecule has 1 unspecified atom stereocenters. The molecule has 0 aromatic carbocycles. The Labute approximate surface area is 97.9 Å². The van der Waals surface area contributed by atoms with Crippen LogP contribution in [0, 0.1) is 19.8 Å². The maximum atomic E-state index is 4.36. The highest BCUT2D eigenvalue weighted by atomic mass is 15.2. The molecular weight excluding hydrogens is 200 g/mol. The molecule has 16 heavy (non-hydrogen) atoms. The first-order valence-electron chi connectivity index (χ1n) is 5.93. The van der Waals surface area contributed by atoms with E-state index in [0.29, 0.717) is 12.0 Å². The number of aromatic nitrogens is 3. The number of aryl methyl sites for hydroxylation is 2. The first-order chi connectivity index (χ1) is 7.49. The van der Waals surface area contributed by atoms with E-state index in [1.54, 1.807) is 0 Å². The first-order valence-corrected chi connectivity index (χ1v) is 5.93. The van der Waals surface area contributed by atoms with Gasteiger partial charge in [-0.3, -0.25) is 0 Å². The second kappa shape index (κ2) is 5.77. The van der Waals surface area contributed by atoms with Crippen molar-refractivity contribution in [3.8, 4) is 0 Å². The third kappa shape index (κ3) is 4.13. The molecule has 0 aliphatic carbocycles. The van der Waals surface area contributed by atoms with Crippen LogP contribution in [0.15, 0.2) is 0 Å². The van der Waals surface area contributed by atoms with Gasteiger partial charge in [-0.15, -0.1) is 5.10 Å². The lowest BCUT2D eigenvalue weighted by molar-refractivity contribution is 0.526. The molecule has 1 aromatic heterocycles. The summed E-state index contributed by atoms with van der Waals surface area (Å²) in [4.78, 5) is 4.36. The minimum absolute atomic E-state index is 0.395. The van der Waals surface area contributed by atoms with Crippen LogP contribution >= 0.6 is 0 Å². The van der Waals surface area contributed by atoms with Crippen LogP contribution in [0.2, 0.25) is 0 Å². The van der Waals surface area contributed by atoms with Gasteiger partial charge in [0.1, 0.15) is 0 Å². The number of nitrogens with zero attached hydrogens (tertiary/aromatic N) is 3. The van der Waals surface area contributed by atoms with Crippen molar-refractivity contribution in [1.29, 1.82) is 0 Å². The number of hydrogen-bond donors (Lipinski definition) is 1. The molecule has 0 aliphatic rings. The monoisotopic (exact) mass is 222 g/mol. The van der Waals surface area contributed by atoms with Crippen LogP contribution in [0.1, 0.15) is 45.0 Å². The topological polar surface area (TPSA) is 50.7 Å². The lowest BCUT2D eigenvalue weighted by Gasteiger charge is -2.14. The van der Waals surface area contributed by atoms with Crippen LogP contribution in [0.4, 0.5) is 5.95 Å². The van der Waals surface area contributed by atoms with Gasteiger partial charge >= 0.3 is 0 Å². The van der Waals surface area contributed by atoms with Gasteiger partial charge in [0.15, 0.2) is 0 Å². The maximum absolute atomic E-state index is 4.36. The number of nitrogens with one attached hydrogen (secondary N) is 1. The van der Waals surface area contributed by atoms with Crippen molar-refractivity contribution in [2.45, 2.75) is 53.5 Å². The molecule has 4 nitrogen and oxygen atoms in total. The fourth-order valence-corrected chi connectivity index (χ4v) is 1.39. The molecule has 1 atom stereocenters. The Kier molecular flexibility index (Phi) is 4.65. The lowest BCUT2D eigenvalue weighted by atomic mass is 10.0. The minimum atomic E-state index is 0.395. The smallest absolute Gasteiger partial charge is 0.243 e. The Balaban J connectivity index is 2.49. The van der Waals surface area contributed by atoms with Crippen LogP contribution in [0.25, 0.3) is 0 Å². The molecule has 4 heteroatoms. The summed E-state index contributed by atoms with van der Waals surface area (Å²) in [5, 5.41) is 11.4. The minimum Gasteiger partial charge on any atom is -0.350 e. The highest BCUT2D eigenvalue weighted by Gasteiger charge is 2.06. The zero-order valence-electron chi connectivity index (χ0n) is 10.9. The first kappa shape index (κ1) is 12.9.